The lowest BCUT2D eigenvalue weighted by molar-refractivity contribution is 0.995. The summed E-state index contributed by atoms with van der Waals surface area (Å²) in [5.74, 6) is 0.651. The normalized spacial score (nSPS) is 11.8. The topological polar surface area (TPSA) is 43.6 Å². The SMILES string of the molecule is c1ccc(-c2cc(-c3ccc(-c4cccc5c4sc4c5ccc5c(-c6ccccc6)nc6ccccc6c54)cc3)nc(-n3c4ccccc4c4ccccc43)n2)cc1. The fraction of sp³-hybridized carbons (Fsp3) is 0. The first-order valence-electron chi connectivity index (χ1n) is 19.5. The molecule has 270 valence electrons. The van der Waals surface area contributed by atoms with Crippen LogP contribution in [0.1, 0.15) is 0 Å². The molecule has 0 amide bonds. The maximum absolute atomic E-state index is 5.28. The van der Waals surface area contributed by atoms with Crippen molar-refractivity contribution >= 4 is 75.0 Å². The van der Waals surface area contributed by atoms with E-state index in [9.17, 15) is 0 Å². The smallest absolute Gasteiger partial charge is 0.235 e. The van der Waals surface area contributed by atoms with E-state index in [1.807, 2.05) is 17.4 Å². The van der Waals surface area contributed by atoms with Gasteiger partial charge < -0.3 is 0 Å². The molecular weight excluding hydrogens is 725 g/mol. The molecule has 0 atom stereocenters. The highest BCUT2D eigenvalue weighted by Gasteiger charge is 2.19. The number of fused-ring (bicyclic) bond motifs is 10. The average Bonchev–Trinajstić information content (AvgIpc) is 3.85. The van der Waals surface area contributed by atoms with Gasteiger partial charge in [-0.2, -0.15) is 0 Å². The number of benzene rings is 8. The summed E-state index contributed by atoms with van der Waals surface area (Å²) in [5, 5.41) is 8.53. The van der Waals surface area contributed by atoms with Crippen LogP contribution in [0.15, 0.2) is 194 Å². The zero-order chi connectivity index (χ0) is 38.2. The van der Waals surface area contributed by atoms with E-state index in [-0.39, 0.29) is 0 Å². The summed E-state index contributed by atoms with van der Waals surface area (Å²) in [5.41, 5.74) is 11.6. The van der Waals surface area contributed by atoms with Crippen LogP contribution in [-0.4, -0.2) is 19.5 Å². The van der Waals surface area contributed by atoms with Crippen molar-refractivity contribution in [3.05, 3.63) is 194 Å². The molecule has 58 heavy (non-hydrogen) atoms. The summed E-state index contributed by atoms with van der Waals surface area (Å²) >= 11 is 1.88. The summed E-state index contributed by atoms with van der Waals surface area (Å²) in [6.45, 7) is 0. The molecule has 4 nitrogen and oxygen atoms in total. The van der Waals surface area contributed by atoms with Crippen LogP contribution in [-0.2, 0) is 0 Å². The number of hydrogen-bond acceptors (Lipinski definition) is 4. The highest BCUT2D eigenvalue weighted by Crippen LogP contribution is 2.46. The van der Waals surface area contributed by atoms with Crippen LogP contribution in [0.5, 0.6) is 0 Å². The van der Waals surface area contributed by atoms with E-state index in [0.29, 0.717) is 5.95 Å². The van der Waals surface area contributed by atoms with Crippen molar-refractivity contribution in [3.63, 3.8) is 0 Å². The van der Waals surface area contributed by atoms with Crippen LogP contribution in [0.2, 0.25) is 0 Å². The third kappa shape index (κ3) is 5.11. The molecule has 8 aromatic carbocycles. The molecule has 12 aromatic rings. The first kappa shape index (κ1) is 32.7. The van der Waals surface area contributed by atoms with Gasteiger partial charge in [-0.3, -0.25) is 4.57 Å². The van der Waals surface area contributed by atoms with Gasteiger partial charge in [-0.1, -0.05) is 170 Å². The Hall–Kier alpha value is -7.47. The third-order valence-electron chi connectivity index (χ3n) is 11.4. The lowest BCUT2D eigenvalue weighted by Crippen LogP contribution is -2.03. The Bertz CT molecular complexity index is 3500. The van der Waals surface area contributed by atoms with Gasteiger partial charge in [0.05, 0.1) is 33.6 Å². The van der Waals surface area contributed by atoms with Gasteiger partial charge in [0.25, 0.3) is 0 Å². The standard InChI is InChI=1S/C53H32N4S/c1-3-14-34(15-4-1)45-32-46(56-53(55-45)57-47-24-11-8-18-38(47)39-19-9-12-25-48(39)57)35-28-26-33(27-29-35)37-21-13-22-40-41-30-31-43-49(52(41)58-51(37)40)42-20-7-10-23-44(42)54-50(43)36-16-5-2-6-17-36/h1-32H. The highest BCUT2D eigenvalue weighted by atomic mass is 32.1. The Morgan fingerprint density at radius 1 is 0.362 bits per heavy atom. The zero-order valence-electron chi connectivity index (χ0n) is 31.2. The molecule has 0 saturated heterocycles. The molecule has 0 aliphatic carbocycles. The summed E-state index contributed by atoms with van der Waals surface area (Å²) in [6.07, 6.45) is 0. The van der Waals surface area contributed by atoms with Gasteiger partial charge >= 0.3 is 0 Å². The van der Waals surface area contributed by atoms with Crippen LogP contribution in [0, 0.1) is 0 Å². The van der Waals surface area contributed by atoms with Crippen molar-refractivity contribution in [2.75, 3.05) is 0 Å². The van der Waals surface area contributed by atoms with Gasteiger partial charge in [0, 0.05) is 63.8 Å². The Labute approximate surface area is 338 Å². The minimum Gasteiger partial charge on any atom is -0.278 e. The van der Waals surface area contributed by atoms with Crippen molar-refractivity contribution in [2.45, 2.75) is 0 Å². The Kier molecular flexibility index (Phi) is 7.37. The van der Waals surface area contributed by atoms with E-state index < -0.39 is 0 Å². The number of pyridine rings is 1. The Morgan fingerprint density at radius 3 is 1.60 bits per heavy atom. The fourth-order valence-electron chi connectivity index (χ4n) is 8.73. The summed E-state index contributed by atoms with van der Waals surface area (Å²) in [6, 6.07) is 68.8. The summed E-state index contributed by atoms with van der Waals surface area (Å²) < 4.78 is 4.77. The van der Waals surface area contributed by atoms with Crippen molar-refractivity contribution in [1.82, 2.24) is 19.5 Å². The second-order valence-electron chi connectivity index (χ2n) is 14.7. The molecule has 5 heteroatoms. The molecule has 0 saturated carbocycles. The highest BCUT2D eigenvalue weighted by molar-refractivity contribution is 7.27. The lowest BCUT2D eigenvalue weighted by atomic mass is 9.97. The average molecular weight is 757 g/mol. The van der Waals surface area contributed by atoms with Crippen LogP contribution in [0.3, 0.4) is 0 Å². The van der Waals surface area contributed by atoms with Crippen LogP contribution in [0.4, 0.5) is 0 Å². The minimum absolute atomic E-state index is 0.651. The van der Waals surface area contributed by atoms with Crippen molar-refractivity contribution in [3.8, 4) is 50.8 Å². The molecule has 12 rings (SSSR count). The molecule has 0 N–H and O–H groups in total. The van der Waals surface area contributed by atoms with Gasteiger partial charge in [0.2, 0.25) is 5.95 Å². The fourth-order valence-corrected chi connectivity index (χ4v) is 10.1. The number of hydrogen-bond donors (Lipinski definition) is 0. The molecular formula is C53H32N4S. The zero-order valence-corrected chi connectivity index (χ0v) is 32.0. The predicted octanol–water partition coefficient (Wildman–Crippen LogP) is 14.3. The number of aromatic nitrogens is 4. The second-order valence-corrected chi connectivity index (χ2v) is 15.8. The maximum atomic E-state index is 5.28. The molecule has 4 heterocycles. The summed E-state index contributed by atoms with van der Waals surface area (Å²) in [4.78, 5) is 15.7. The van der Waals surface area contributed by atoms with Gasteiger partial charge in [-0.15, -0.1) is 11.3 Å². The molecule has 0 fully saturated rings. The van der Waals surface area contributed by atoms with Crippen molar-refractivity contribution in [2.24, 2.45) is 0 Å². The van der Waals surface area contributed by atoms with Crippen LogP contribution >= 0.6 is 11.3 Å². The van der Waals surface area contributed by atoms with Gasteiger partial charge in [-0.25, -0.2) is 15.0 Å². The molecule has 0 radical (unpaired) electrons. The van der Waals surface area contributed by atoms with Crippen molar-refractivity contribution < 1.29 is 0 Å². The molecule has 0 bridgehead atoms. The molecule has 0 spiro atoms. The van der Waals surface area contributed by atoms with E-state index in [0.717, 1.165) is 50.3 Å². The van der Waals surface area contributed by atoms with Gasteiger partial charge in [0.15, 0.2) is 0 Å². The van der Waals surface area contributed by atoms with Crippen molar-refractivity contribution in [1.29, 1.82) is 0 Å². The second kappa shape index (κ2) is 13.1. The number of nitrogens with zero attached hydrogens (tertiary/aromatic N) is 4. The molecule has 0 unspecified atom stereocenters. The van der Waals surface area contributed by atoms with Gasteiger partial charge in [0.1, 0.15) is 0 Å². The summed E-state index contributed by atoms with van der Waals surface area (Å²) in [7, 11) is 0. The number of para-hydroxylation sites is 3. The van der Waals surface area contributed by atoms with E-state index in [2.05, 4.69) is 193 Å². The minimum atomic E-state index is 0.651. The first-order valence-corrected chi connectivity index (χ1v) is 20.3. The third-order valence-corrected chi connectivity index (χ3v) is 12.7. The van der Waals surface area contributed by atoms with E-state index >= 15 is 0 Å². The first-order chi connectivity index (χ1) is 28.8. The predicted molar refractivity (Wildman–Crippen MR) is 244 cm³/mol. The Balaban J connectivity index is 1.02. The van der Waals surface area contributed by atoms with Crippen LogP contribution in [0.25, 0.3) is 115 Å². The van der Waals surface area contributed by atoms with Crippen LogP contribution < -0.4 is 0 Å². The largest absolute Gasteiger partial charge is 0.278 e. The molecule has 0 aliphatic heterocycles. The monoisotopic (exact) mass is 756 g/mol. The lowest BCUT2D eigenvalue weighted by Gasteiger charge is -2.12. The van der Waals surface area contributed by atoms with E-state index in [1.165, 1.54) is 58.2 Å². The maximum Gasteiger partial charge on any atom is 0.235 e. The van der Waals surface area contributed by atoms with E-state index in [1.54, 1.807) is 0 Å². The number of rotatable bonds is 5. The molecule has 0 aliphatic rings. The Morgan fingerprint density at radius 2 is 0.897 bits per heavy atom. The quantitative estimate of drug-likeness (QED) is 0.164. The van der Waals surface area contributed by atoms with Gasteiger partial charge in [-0.05, 0) is 35.4 Å². The van der Waals surface area contributed by atoms with E-state index in [4.69, 9.17) is 15.0 Å². The molecule has 4 aromatic heterocycles. The number of thiophene rings is 1.